The maximum atomic E-state index is 12.5. The number of ether oxygens (including phenoxy) is 3. The van der Waals surface area contributed by atoms with Crippen molar-refractivity contribution in [2.24, 2.45) is 4.99 Å². The number of carbonyl (C=O) groups excluding carboxylic acids is 1. The molecule has 3 rings (SSSR count). The molecule has 1 aliphatic rings. The first-order valence-corrected chi connectivity index (χ1v) is 7.69. The first-order valence-electron chi connectivity index (χ1n) is 7.69. The largest absolute Gasteiger partial charge is 0.493 e. The van der Waals surface area contributed by atoms with Crippen molar-refractivity contribution >= 4 is 17.9 Å². The summed E-state index contributed by atoms with van der Waals surface area (Å²) in [6.45, 7) is -1.11. The van der Waals surface area contributed by atoms with Crippen LogP contribution in [0.5, 0.6) is 11.5 Å². The lowest BCUT2D eigenvalue weighted by Crippen LogP contribution is -2.06. The van der Waals surface area contributed by atoms with E-state index in [9.17, 15) is 13.6 Å². The fourth-order valence-electron chi connectivity index (χ4n) is 2.47. The number of aliphatic imine (C=N–C) groups is 1. The molecule has 0 fully saturated rings. The Balaban J connectivity index is 1.94. The van der Waals surface area contributed by atoms with Gasteiger partial charge in [-0.25, -0.2) is 9.79 Å². The van der Waals surface area contributed by atoms with Gasteiger partial charge in [0.15, 0.2) is 17.2 Å². The fraction of sp³-hybridized carbons (Fsp3) is 0.158. The highest BCUT2D eigenvalue weighted by atomic mass is 19.3. The van der Waals surface area contributed by atoms with Crippen molar-refractivity contribution in [2.75, 3.05) is 7.11 Å². The minimum atomic E-state index is -2.99. The minimum Gasteiger partial charge on any atom is -0.493 e. The normalized spacial score (nSPS) is 15.2. The third kappa shape index (κ3) is 3.72. The third-order valence-corrected chi connectivity index (χ3v) is 3.70. The maximum absolute atomic E-state index is 12.5. The Morgan fingerprint density at radius 2 is 1.92 bits per heavy atom. The molecule has 0 atom stereocenters. The standard InChI is InChI=1S/C19H15F2NO4/c1-11-5-3-4-6-13(11)17-22-14(18(23)26-17)9-12-7-8-15(24-2)16(10-12)25-19(20)21/h3-10,19H,1-2H3/b14-9-. The summed E-state index contributed by atoms with van der Waals surface area (Å²) in [5, 5.41) is 0. The van der Waals surface area contributed by atoms with Crippen LogP contribution in [0, 0.1) is 6.92 Å². The zero-order chi connectivity index (χ0) is 18.7. The highest BCUT2D eigenvalue weighted by molar-refractivity contribution is 6.13. The molecule has 7 heteroatoms. The van der Waals surface area contributed by atoms with Crippen LogP contribution in [0.1, 0.15) is 16.7 Å². The molecular formula is C19H15F2NO4. The van der Waals surface area contributed by atoms with Crippen molar-refractivity contribution < 1.29 is 27.8 Å². The molecule has 26 heavy (non-hydrogen) atoms. The molecule has 0 N–H and O–H groups in total. The number of hydrogen-bond donors (Lipinski definition) is 0. The molecule has 0 saturated carbocycles. The van der Waals surface area contributed by atoms with Crippen LogP contribution in [0.2, 0.25) is 0 Å². The van der Waals surface area contributed by atoms with E-state index in [4.69, 9.17) is 9.47 Å². The van der Waals surface area contributed by atoms with Crippen molar-refractivity contribution in [3.63, 3.8) is 0 Å². The van der Waals surface area contributed by atoms with Gasteiger partial charge in [0.2, 0.25) is 5.90 Å². The quantitative estimate of drug-likeness (QED) is 0.599. The molecule has 0 radical (unpaired) electrons. The van der Waals surface area contributed by atoms with Crippen molar-refractivity contribution in [2.45, 2.75) is 13.5 Å². The van der Waals surface area contributed by atoms with E-state index in [1.54, 1.807) is 12.1 Å². The number of esters is 1. The van der Waals surface area contributed by atoms with Crippen molar-refractivity contribution in [3.8, 4) is 11.5 Å². The summed E-state index contributed by atoms with van der Waals surface area (Å²) < 4.78 is 39.7. The summed E-state index contributed by atoms with van der Waals surface area (Å²) >= 11 is 0. The first-order chi connectivity index (χ1) is 12.5. The molecule has 5 nitrogen and oxygen atoms in total. The second-order valence-corrected chi connectivity index (χ2v) is 5.44. The van der Waals surface area contributed by atoms with Crippen LogP contribution in [-0.4, -0.2) is 25.6 Å². The third-order valence-electron chi connectivity index (χ3n) is 3.70. The van der Waals surface area contributed by atoms with Crippen LogP contribution in [0.4, 0.5) is 8.78 Å². The van der Waals surface area contributed by atoms with Gasteiger partial charge in [-0.2, -0.15) is 8.78 Å². The van der Waals surface area contributed by atoms with E-state index in [1.807, 2.05) is 25.1 Å². The van der Waals surface area contributed by atoms with Gasteiger partial charge in [0.25, 0.3) is 0 Å². The van der Waals surface area contributed by atoms with Crippen LogP contribution in [0.25, 0.3) is 6.08 Å². The van der Waals surface area contributed by atoms with Crippen molar-refractivity contribution in [3.05, 3.63) is 64.9 Å². The van der Waals surface area contributed by atoms with Gasteiger partial charge in [0.1, 0.15) is 0 Å². The highest BCUT2D eigenvalue weighted by Crippen LogP contribution is 2.31. The number of rotatable bonds is 5. The zero-order valence-electron chi connectivity index (χ0n) is 14.0. The molecule has 0 aliphatic carbocycles. The van der Waals surface area contributed by atoms with E-state index in [2.05, 4.69) is 9.73 Å². The van der Waals surface area contributed by atoms with Crippen LogP contribution in [-0.2, 0) is 9.53 Å². The average Bonchev–Trinajstić information content (AvgIpc) is 2.95. The molecular weight excluding hydrogens is 344 g/mol. The smallest absolute Gasteiger partial charge is 0.387 e. The average molecular weight is 359 g/mol. The van der Waals surface area contributed by atoms with Gasteiger partial charge in [-0.05, 0) is 42.3 Å². The summed E-state index contributed by atoms with van der Waals surface area (Å²) in [6, 6.07) is 11.8. The molecule has 0 saturated heterocycles. The maximum Gasteiger partial charge on any atom is 0.387 e. The molecule has 0 amide bonds. The van der Waals surface area contributed by atoms with Crippen LogP contribution < -0.4 is 9.47 Å². The van der Waals surface area contributed by atoms with Gasteiger partial charge in [-0.3, -0.25) is 0 Å². The van der Waals surface area contributed by atoms with Gasteiger partial charge in [-0.1, -0.05) is 24.3 Å². The Labute approximate surface area is 148 Å². The Bertz CT molecular complexity index is 906. The monoisotopic (exact) mass is 359 g/mol. The van der Waals surface area contributed by atoms with Gasteiger partial charge < -0.3 is 14.2 Å². The Kier molecular flexibility index (Phi) is 4.97. The second-order valence-electron chi connectivity index (χ2n) is 5.44. The number of nitrogens with zero attached hydrogens (tertiary/aromatic N) is 1. The highest BCUT2D eigenvalue weighted by Gasteiger charge is 2.25. The Morgan fingerprint density at radius 3 is 2.62 bits per heavy atom. The van der Waals surface area contributed by atoms with E-state index < -0.39 is 12.6 Å². The molecule has 0 aromatic heterocycles. The molecule has 1 heterocycles. The lowest BCUT2D eigenvalue weighted by atomic mass is 10.1. The predicted octanol–water partition coefficient (Wildman–Crippen LogP) is 3.95. The number of hydrogen-bond acceptors (Lipinski definition) is 5. The van der Waals surface area contributed by atoms with Crippen LogP contribution in [0.3, 0.4) is 0 Å². The number of benzene rings is 2. The fourth-order valence-corrected chi connectivity index (χ4v) is 2.47. The SMILES string of the molecule is COc1ccc(/C=C2\N=C(c3ccccc3C)OC2=O)cc1OC(F)F. The van der Waals surface area contributed by atoms with E-state index >= 15 is 0 Å². The van der Waals surface area contributed by atoms with Gasteiger partial charge in [-0.15, -0.1) is 0 Å². The molecule has 2 aromatic carbocycles. The number of methoxy groups -OCH3 is 1. The summed E-state index contributed by atoms with van der Waals surface area (Å²) in [5.41, 5.74) is 2.14. The lowest BCUT2D eigenvalue weighted by molar-refractivity contribution is -0.129. The first kappa shape index (κ1) is 17.6. The van der Waals surface area contributed by atoms with E-state index in [-0.39, 0.29) is 23.1 Å². The predicted molar refractivity (Wildman–Crippen MR) is 91.4 cm³/mol. The molecule has 1 aliphatic heterocycles. The summed E-state index contributed by atoms with van der Waals surface area (Å²) in [5.74, 6) is -0.385. The van der Waals surface area contributed by atoms with Gasteiger partial charge in [0.05, 0.1) is 7.11 Å². The minimum absolute atomic E-state index is 0.0661. The van der Waals surface area contributed by atoms with Gasteiger partial charge in [0, 0.05) is 5.56 Å². The topological polar surface area (TPSA) is 57.1 Å². The summed E-state index contributed by atoms with van der Waals surface area (Å²) in [6.07, 6.45) is 1.44. The number of cyclic esters (lactones) is 1. The molecule has 0 spiro atoms. The van der Waals surface area contributed by atoms with Crippen LogP contribution >= 0.6 is 0 Å². The lowest BCUT2D eigenvalue weighted by Gasteiger charge is -2.10. The molecule has 134 valence electrons. The Hall–Kier alpha value is -3.22. The van der Waals surface area contributed by atoms with Crippen molar-refractivity contribution in [1.29, 1.82) is 0 Å². The summed E-state index contributed by atoms with van der Waals surface area (Å²) in [4.78, 5) is 16.3. The number of alkyl halides is 2. The summed E-state index contributed by atoms with van der Waals surface area (Å²) in [7, 11) is 1.35. The van der Waals surface area contributed by atoms with Crippen LogP contribution in [0.15, 0.2) is 53.2 Å². The van der Waals surface area contributed by atoms with Crippen molar-refractivity contribution in [1.82, 2.24) is 0 Å². The molecule has 0 bridgehead atoms. The molecule has 2 aromatic rings. The van der Waals surface area contributed by atoms with Gasteiger partial charge >= 0.3 is 12.6 Å². The van der Waals surface area contributed by atoms with E-state index in [0.717, 1.165) is 5.56 Å². The Morgan fingerprint density at radius 1 is 1.15 bits per heavy atom. The van der Waals surface area contributed by atoms with E-state index in [1.165, 1.54) is 25.3 Å². The number of halogens is 2. The number of aryl methyl sites for hydroxylation is 1. The zero-order valence-corrected chi connectivity index (χ0v) is 14.0. The second kappa shape index (κ2) is 7.35. The number of carbonyl (C=O) groups is 1. The molecule has 0 unspecified atom stereocenters. The van der Waals surface area contributed by atoms with E-state index in [0.29, 0.717) is 11.1 Å².